The minimum Gasteiger partial charge on any atom is -0.490 e. The van der Waals surface area contributed by atoms with Crippen molar-refractivity contribution in [1.29, 1.82) is 0 Å². The number of nitrogens with one attached hydrogen (secondary N) is 2. The number of piperidine rings is 1. The van der Waals surface area contributed by atoms with Crippen molar-refractivity contribution in [2.45, 2.75) is 19.4 Å². The van der Waals surface area contributed by atoms with Crippen molar-refractivity contribution in [2.24, 2.45) is 5.92 Å². The van der Waals surface area contributed by atoms with E-state index in [0.717, 1.165) is 24.8 Å². The molecule has 0 spiro atoms. The Balaban J connectivity index is 0.00000200. The lowest BCUT2D eigenvalue weighted by molar-refractivity contribution is 0.356. The van der Waals surface area contributed by atoms with E-state index in [9.17, 15) is 0 Å². The Morgan fingerprint density at radius 1 is 1.19 bits per heavy atom. The largest absolute Gasteiger partial charge is 0.490 e. The first-order valence-electron chi connectivity index (χ1n) is 7.12. The van der Waals surface area contributed by atoms with Gasteiger partial charge in [0.1, 0.15) is 12.4 Å². The average Bonchev–Trinajstić information content (AvgIpc) is 2.47. The van der Waals surface area contributed by atoms with Crippen molar-refractivity contribution < 1.29 is 4.74 Å². The zero-order chi connectivity index (χ0) is 13.3. The van der Waals surface area contributed by atoms with Crippen LogP contribution >= 0.6 is 24.8 Å². The highest BCUT2D eigenvalue weighted by atomic mass is 35.5. The van der Waals surface area contributed by atoms with Gasteiger partial charge < -0.3 is 15.4 Å². The molecule has 120 valence electrons. The molecule has 3 nitrogen and oxygen atoms in total. The summed E-state index contributed by atoms with van der Waals surface area (Å²) in [6.45, 7) is 8.60. The van der Waals surface area contributed by atoms with Gasteiger partial charge in [-0.15, -0.1) is 24.8 Å². The van der Waals surface area contributed by atoms with E-state index in [1.54, 1.807) is 6.08 Å². The first-order chi connectivity index (χ1) is 9.38. The number of hydrogen-bond acceptors (Lipinski definition) is 3. The Labute approximate surface area is 140 Å². The van der Waals surface area contributed by atoms with E-state index in [1.165, 1.54) is 31.5 Å². The van der Waals surface area contributed by atoms with Gasteiger partial charge in [0.2, 0.25) is 0 Å². The summed E-state index contributed by atoms with van der Waals surface area (Å²) >= 11 is 0. The van der Waals surface area contributed by atoms with Crippen LogP contribution in [0.2, 0.25) is 0 Å². The molecule has 0 saturated carbocycles. The van der Waals surface area contributed by atoms with Crippen LogP contribution < -0.4 is 15.4 Å². The van der Waals surface area contributed by atoms with Gasteiger partial charge in [-0.25, -0.2) is 0 Å². The van der Waals surface area contributed by atoms with Gasteiger partial charge in [0, 0.05) is 6.54 Å². The van der Waals surface area contributed by atoms with Crippen molar-refractivity contribution >= 4 is 24.8 Å². The number of halogens is 2. The molecular weight excluding hydrogens is 307 g/mol. The maximum absolute atomic E-state index is 5.46. The normalized spacial score (nSPS) is 14.7. The highest BCUT2D eigenvalue weighted by molar-refractivity contribution is 5.85. The van der Waals surface area contributed by atoms with Crippen molar-refractivity contribution in [1.82, 2.24) is 10.6 Å². The molecular formula is C16H26Cl2N2O. The van der Waals surface area contributed by atoms with Crippen LogP contribution in [0.15, 0.2) is 36.9 Å². The Bertz CT molecular complexity index is 378. The van der Waals surface area contributed by atoms with Gasteiger partial charge in [-0.3, -0.25) is 0 Å². The summed E-state index contributed by atoms with van der Waals surface area (Å²) in [5.41, 5.74) is 1.31. The monoisotopic (exact) mass is 332 g/mol. The van der Waals surface area contributed by atoms with E-state index in [-0.39, 0.29) is 24.8 Å². The van der Waals surface area contributed by atoms with Crippen molar-refractivity contribution in [3.05, 3.63) is 42.5 Å². The summed E-state index contributed by atoms with van der Waals surface area (Å²) < 4.78 is 5.46. The number of rotatable bonds is 7. The van der Waals surface area contributed by atoms with E-state index < -0.39 is 0 Å². The van der Waals surface area contributed by atoms with Gasteiger partial charge in [-0.05, 0) is 56.1 Å². The fourth-order valence-electron chi connectivity index (χ4n) is 2.37. The van der Waals surface area contributed by atoms with Crippen LogP contribution in [-0.2, 0) is 6.54 Å². The molecule has 0 aliphatic carbocycles. The molecule has 1 fully saturated rings. The van der Waals surface area contributed by atoms with Gasteiger partial charge in [-0.2, -0.15) is 0 Å². The predicted molar refractivity (Wildman–Crippen MR) is 93.9 cm³/mol. The fraction of sp³-hybridized carbons (Fsp3) is 0.500. The molecule has 0 bridgehead atoms. The Morgan fingerprint density at radius 2 is 1.86 bits per heavy atom. The number of benzene rings is 1. The molecule has 1 saturated heterocycles. The molecule has 2 N–H and O–H groups in total. The second-order valence-corrected chi connectivity index (χ2v) is 5.07. The molecule has 0 atom stereocenters. The molecule has 1 aliphatic rings. The van der Waals surface area contributed by atoms with E-state index in [0.29, 0.717) is 6.61 Å². The maximum Gasteiger partial charge on any atom is 0.119 e. The average molecular weight is 333 g/mol. The lowest BCUT2D eigenvalue weighted by Crippen LogP contribution is -2.33. The molecule has 2 rings (SSSR count). The summed E-state index contributed by atoms with van der Waals surface area (Å²) in [6, 6.07) is 8.28. The summed E-state index contributed by atoms with van der Waals surface area (Å²) in [5.74, 6) is 1.73. The summed E-state index contributed by atoms with van der Waals surface area (Å²) in [5, 5.41) is 6.95. The Kier molecular flexibility index (Phi) is 11.5. The quantitative estimate of drug-likeness (QED) is 0.752. The summed E-state index contributed by atoms with van der Waals surface area (Å²) in [7, 11) is 0. The standard InChI is InChI=1S/C16H24N2O.2ClH/c1-2-11-19-16-5-3-14(4-6-16)12-18-13-15-7-9-17-10-8-15;;/h2-6,15,17-18H,1,7-13H2;2*1H. The molecule has 1 aliphatic heterocycles. The van der Waals surface area contributed by atoms with Crippen LogP contribution in [0.5, 0.6) is 5.75 Å². The van der Waals surface area contributed by atoms with Crippen LogP contribution in [-0.4, -0.2) is 26.2 Å². The second kappa shape index (κ2) is 11.9. The maximum atomic E-state index is 5.46. The lowest BCUT2D eigenvalue weighted by atomic mass is 9.98. The third kappa shape index (κ3) is 7.72. The molecule has 0 amide bonds. The molecule has 1 aromatic rings. The molecule has 0 radical (unpaired) electrons. The molecule has 0 unspecified atom stereocenters. The SMILES string of the molecule is C=CCOc1ccc(CNCC2CCNCC2)cc1.Cl.Cl. The third-order valence-electron chi connectivity index (χ3n) is 3.51. The second-order valence-electron chi connectivity index (χ2n) is 5.07. The van der Waals surface area contributed by atoms with Crippen molar-refractivity contribution in [3.63, 3.8) is 0 Å². The molecule has 0 aromatic heterocycles. The Morgan fingerprint density at radius 3 is 2.48 bits per heavy atom. The van der Waals surface area contributed by atoms with Gasteiger partial charge in [0.05, 0.1) is 0 Å². The van der Waals surface area contributed by atoms with Crippen LogP contribution in [0, 0.1) is 5.92 Å². The van der Waals surface area contributed by atoms with Gasteiger partial charge in [0.15, 0.2) is 0 Å². The number of ether oxygens (including phenoxy) is 1. The van der Waals surface area contributed by atoms with Crippen LogP contribution in [0.4, 0.5) is 0 Å². The molecule has 1 heterocycles. The zero-order valence-corrected chi connectivity index (χ0v) is 14.0. The number of hydrogen-bond donors (Lipinski definition) is 2. The zero-order valence-electron chi connectivity index (χ0n) is 12.3. The van der Waals surface area contributed by atoms with E-state index in [4.69, 9.17) is 4.74 Å². The lowest BCUT2D eigenvalue weighted by Gasteiger charge is -2.22. The summed E-state index contributed by atoms with van der Waals surface area (Å²) in [6.07, 6.45) is 4.34. The predicted octanol–water partition coefficient (Wildman–Crippen LogP) is 3.18. The van der Waals surface area contributed by atoms with Crippen molar-refractivity contribution in [2.75, 3.05) is 26.2 Å². The minimum atomic E-state index is 0. The molecule has 1 aromatic carbocycles. The molecule has 21 heavy (non-hydrogen) atoms. The van der Waals surface area contributed by atoms with Crippen LogP contribution in [0.3, 0.4) is 0 Å². The van der Waals surface area contributed by atoms with E-state index in [2.05, 4.69) is 29.3 Å². The first-order valence-corrected chi connectivity index (χ1v) is 7.12. The Hall–Kier alpha value is -0.740. The fourth-order valence-corrected chi connectivity index (χ4v) is 2.37. The van der Waals surface area contributed by atoms with Gasteiger partial charge >= 0.3 is 0 Å². The van der Waals surface area contributed by atoms with Gasteiger partial charge in [-0.1, -0.05) is 24.8 Å². The smallest absolute Gasteiger partial charge is 0.119 e. The van der Waals surface area contributed by atoms with Crippen LogP contribution in [0.25, 0.3) is 0 Å². The highest BCUT2D eigenvalue weighted by Crippen LogP contribution is 2.13. The molecule has 5 heteroatoms. The summed E-state index contributed by atoms with van der Waals surface area (Å²) in [4.78, 5) is 0. The van der Waals surface area contributed by atoms with E-state index >= 15 is 0 Å². The van der Waals surface area contributed by atoms with E-state index in [1.807, 2.05) is 12.1 Å². The van der Waals surface area contributed by atoms with Crippen molar-refractivity contribution in [3.8, 4) is 5.75 Å². The first kappa shape index (κ1) is 20.3. The third-order valence-corrected chi connectivity index (χ3v) is 3.51. The van der Waals surface area contributed by atoms with Crippen LogP contribution in [0.1, 0.15) is 18.4 Å². The van der Waals surface area contributed by atoms with Gasteiger partial charge in [0.25, 0.3) is 0 Å². The topological polar surface area (TPSA) is 33.3 Å². The highest BCUT2D eigenvalue weighted by Gasteiger charge is 2.11. The minimum absolute atomic E-state index is 0.